The molecule has 0 saturated carbocycles. The zero-order valence-electron chi connectivity index (χ0n) is 9.56. The molecule has 1 saturated heterocycles. The first-order valence-corrected chi connectivity index (χ1v) is 5.43. The molecule has 1 aliphatic rings. The van der Waals surface area contributed by atoms with Gasteiger partial charge in [0, 0.05) is 12.6 Å². The van der Waals surface area contributed by atoms with Crippen LogP contribution in [0.3, 0.4) is 0 Å². The van der Waals surface area contributed by atoms with Gasteiger partial charge in [-0.1, -0.05) is 20.8 Å². The number of hydrogen-bond acceptors (Lipinski definition) is 2. The number of nitrogens with zero attached hydrogens (tertiary/aromatic N) is 1. The van der Waals surface area contributed by atoms with Crippen molar-refractivity contribution in [2.45, 2.75) is 39.7 Å². The average Bonchev–Trinajstić information content (AvgIpc) is 2.49. The highest BCUT2D eigenvalue weighted by atomic mass is 15.2. The Bertz CT molecular complexity index is 143. The fourth-order valence-electron chi connectivity index (χ4n) is 2.02. The van der Waals surface area contributed by atoms with Gasteiger partial charge in [-0.3, -0.25) is 0 Å². The quantitative estimate of drug-likeness (QED) is 0.718. The van der Waals surface area contributed by atoms with Crippen LogP contribution in [0.15, 0.2) is 0 Å². The van der Waals surface area contributed by atoms with E-state index in [1.807, 2.05) is 0 Å². The van der Waals surface area contributed by atoms with Crippen molar-refractivity contribution >= 4 is 0 Å². The normalized spacial score (nSPS) is 22.2. The van der Waals surface area contributed by atoms with E-state index in [2.05, 4.69) is 38.0 Å². The molecule has 1 atom stereocenters. The van der Waals surface area contributed by atoms with Crippen molar-refractivity contribution < 1.29 is 0 Å². The Hall–Kier alpha value is -0.0800. The zero-order valence-corrected chi connectivity index (χ0v) is 9.56. The Labute approximate surface area is 82.7 Å². The van der Waals surface area contributed by atoms with E-state index in [0.717, 1.165) is 0 Å². The lowest BCUT2D eigenvalue weighted by Crippen LogP contribution is -2.46. The number of likely N-dealkylation sites (N-methyl/N-ethyl adjacent to an activating group) is 1. The summed E-state index contributed by atoms with van der Waals surface area (Å²) in [6.45, 7) is 10.7. The first kappa shape index (κ1) is 11.0. The first-order valence-electron chi connectivity index (χ1n) is 5.43. The Morgan fingerprint density at radius 1 is 1.23 bits per heavy atom. The molecule has 2 nitrogen and oxygen atoms in total. The molecule has 1 rings (SSSR count). The highest BCUT2D eigenvalue weighted by Gasteiger charge is 2.25. The van der Waals surface area contributed by atoms with Gasteiger partial charge in [-0.2, -0.15) is 0 Å². The van der Waals surface area contributed by atoms with Crippen LogP contribution in [-0.4, -0.2) is 37.6 Å². The number of hydrogen-bond donors (Lipinski definition) is 1. The van der Waals surface area contributed by atoms with Gasteiger partial charge in [0.25, 0.3) is 0 Å². The minimum atomic E-state index is 0.372. The van der Waals surface area contributed by atoms with Crippen LogP contribution in [0.2, 0.25) is 0 Å². The van der Waals surface area contributed by atoms with E-state index in [1.165, 1.54) is 32.5 Å². The van der Waals surface area contributed by atoms with Crippen LogP contribution < -0.4 is 5.32 Å². The van der Waals surface area contributed by atoms with Gasteiger partial charge in [0.15, 0.2) is 0 Å². The Morgan fingerprint density at radius 3 is 2.15 bits per heavy atom. The predicted octanol–water partition coefficient (Wildman–Crippen LogP) is 1.72. The maximum atomic E-state index is 3.43. The Kier molecular flexibility index (Phi) is 3.74. The standard InChI is InChI=1S/C11H24N2/c1-11(2,3)10(12-4)9-13-7-5-6-8-13/h10,12H,5-9H2,1-4H3/t10-/m0/s1. The molecule has 13 heavy (non-hydrogen) atoms. The van der Waals surface area contributed by atoms with Gasteiger partial charge in [0.2, 0.25) is 0 Å². The second kappa shape index (κ2) is 4.43. The van der Waals surface area contributed by atoms with Crippen LogP contribution in [-0.2, 0) is 0 Å². The Morgan fingerprint density at radius 2 is 1.77 bits per heavy atom. The molecule has 1 fully saturated rings. The van der Waals surface area contributed by atoms with Crippen molar-refractivity contribution in [1.82, 2.24) is 10.2 Å². The third kappa shape index (κ3) is 3.28. The van der Waals surface area contributed by atoms with Gasteiger partial charge in [0.05, 0.1) is 0 Å². The summed E-state index contributed by atoms with van der Waals surface area (Å²) >= 11 is 0. The fraction of sp³-hybridized carbons (Fsp3) is 1.00. The second-order valence-electron chi connectivity index (χ2n) is 5.22. The third-order valence-electron chi connectivity index (χ3n) is 3.03. The van der Waals surface area contributed by atoms with Gasteiger partial charge in [-0.25, -0.2) is 0 Å². The smallest absolute Gasteiger partial charge is 0.0240 e. The molecule has 0 radical (unpaired) electrons. The molecule has 1 aliphatic heterocycles. The zero-order chi connectivity index (χ0) is 9.90. The molecule has 0 spiro atoms. The molecule has 1 heterocycles. The summed E-state index contributed by atoms with van der Waals surface area (Å²) in [5, 5.41) is 3.43. The molecule has 2 heteroatoms. The summed E-state index contributed by atoms with van der Waals surface area (Å²) in [6, 6.07) is 0.616. The summed E-state index contributed by atoms with van der Waals surface area (Å²) in [7, 11) is 2.08. The molecular weight excluding hydrogens is 160 g/mol. The number of rotatable bonds is 3. The van der Waals surface area contributed by atoms with Crippen molar-refractivity contribution in [3.8, 4) is 0 Å². The number of likely N-dealkylation sites (tertiary alicyclic amines) is 1. The largest absolute Gasteiger partial charge is 0.315 e. The first-order chi connectivity index (χ1) is 6.04. The maximum Gasteiger partial charge on any atom is 0.0240 e. The van der Waals surface area contributed by atoms with Gasteiger partial charge in [0.1, 0.15) is 0 Å². The van der Waals surface area contributed by atoms with Crippen molar-refractivity contribution in [3.63, 3.8) is 0 Å². The summed E-state index contributed by atoms with van der Waals surface area (Å²) < 4.78 is 0. The molecule has 0 aromatic heterocycles. The van der Waals surface area contributed by atoms with E-state index < -0.39 is 0 Å². The molecule has 78 valence electrons. The summed E-state index contributed by atoms with van der Waals surface area (Å²) in [5.74, 6) is 0. The molecule has 0 aromatic carbocycles. The lowest BCUT2D eigenvalue weighted by atomic mass is 9.86. The lowest BCUT2D eigenvalue weighted by Gasteiger charge is -2.33. The minimum Gasteiger partial charge on any atom is -0.315 e. The van der Waals surface area contributed by atoms with Gasteiger partial charge in [-0.05, 0) is 38.4 Å². The van der Waals surface area contributed by atoms with Gasteiger partial charge >= 0.3 is 0 Å². The van der Waals surface area contributed by atoms with Crippen molar-refractivity contribution in [3.05, 3.63) is 0 Å². The predicted molar refractivity (Wildman–Crippen MR) is 58.0 cm³/mol. The summed E-state index contributed by atoms with van der Waals surface area (Å²) in [6.07, 6.45) is 2.78. The van der Waals surface area contributed by atoms with E-state index in [0.29, 0.717) is 11.5 Å². The molecule has 0 amide bonds. The van der Waals surface area contributed by atoms with Crippen LogP contribution >= 0.6 is 0 Å². The lowest BCUT2D eigenvalue weighted by molar-refractivity contribution is 0.202. The highest BCUT2D eigenvalue weighted by molar-refractivity contribution is 4.83. The molecule has 0 unspecified atom stereocenters. The van der Waals surface area contributed by atoms with Gasteiger partial charge < -0.3 is 10.2 Å². The SMILES string of the molecule is CN[C@@H](CN1CCCC1)C(C)(C)C. The summed E-state index contributed by atoms with van der Waals surface area (Å²) in [5.41, 5.74) is 0.372. The summed E-state index contributed by atoms with van der Waals surface area (Å²) in [4.78, 5) is 2.58. The van der Waals surface area contributed by atoms with E-state index in [1.54, 1.807) is 0 Å². The number of nitrogens with one attached hydrogen (secondary N) is 1. The Balaban J connectivity index is 2.39. The van der Waals surface area contributed by atoms with E-state index in [9.17, 15) is 0 Å². The average molecular weight is 184 g/mol. The topological polar surface area (TPSA) is 15.3 Å². The van der Waals surface area contributed by atoms with Crippen LogP contribution in [0.4, 0.5) is 0 Å². The van der Waals surface area contributed by atoms with Crippen LogP contribution in [0.1, 0.15) is 33.6 Å². The van der Waals surface area contributed by atoms with Gasteiger partial charge in [-0.15, -0.1) is 0 Å². The van der Waals surface area contributed by atoms with Crippen LogP contribution in [0.25, 0.3) is 0 Å². The highest BCUT2D eigenvalue weighted by Crippen LogP contribution is 2.21. The van der Waals surface area contributed by atoms with E-state index in [4.69, 9.17) is 0 Å². The monoisotopic (exact) mass is 184 g/mol. The van der Waals surface area contributed by atoms with E-state index >= 15 is 0 Å². The maximum absolute atomic E-state index is 3.43. The molecule has 1 N–H and O–H groups in total. The third-order valence-corrected chi connectivity index (χ3v) is 3.03. The van der Waals surface area contributed by atoms with Crippen molar-refractivity contribution in [1.29, 1.82) is 0 Å². The molecular formula is C11H24N2. The fourth-order valence-corrected chi connectivity index (χ4v) is 2.02. The van der Waals surface area contributed by atoms with E-state index in [-0.39, 0.29) is 0 Å². The van der Waals surface area contributed by atoms with Crippen molar-refractivity contribution in [2.24, 2.45) is 5.41 Å². The molecule has 0 aromatic rings. The molecule has 0 aliphatic carbocycles. The van der Waals surface area contributed by atoms with Crippen LogP contribution in [0.5, 0.6) is 0 Å². The van der Waals surface area contributed by atoms with Crippen molar-refractivity contribution in [2.75, 3.05) is 26.7 Å². The minimum absolute atomic E-state index is 0.372. The second-order valence-corrected chi connectivity index (χ2v) is 5.22. The van der Waals surface area contributed by atoms with Crippen LogP contribution in [0, 0.1) is 5.41 Å². The molecule has 0 bridgehead atoms.